The Morgan fingerprint density at radius 2 is 2.07 bits per heavy atom. The third-order valence-electron chi connectivity index (χ3n) is 2.33. The summed E-state index contributed by atoms with van der Waals surface area (Å²) >= 11 is 0. The molecule has 0 aliphatic carbocycles. The van der Waals surface area contributed by atoms with Gasteiger partial charge in [-0.3, -0.25) is 4.57 Å². The van der Waals surface area contributed by atoms with E-state index in [1.54, 1.807) is 6.20 Å². The summed E-state index contributed by atoms with van der Waals surface area (Å²) in [6.45, 7) is 8.06. The molecule has 0 amide bonds. The minimum absolute atomic E-state index is 0.905. The summed E-state index contributed by atoms with van der Waals surface area (Å²) < 4.78 is 4.00. The van der Waals surface area contributed by atoms with Gasteiger partial charge in [0.1, 0.15) is 11.6 Å². The first-order chi connectivity index (χ1) is 6.70. The van der Waals surface area contributed by atoms with Gasteiger partial charge in [0.25, 0.3) is 0 Å². The predicted molar refractivity (Wildman–Crippen MR) is 55.8 cm³/mol. The van der Waals surface area contributed by atoms with Gasteiger partial charge in [-0.05, 0) is 26.0 Å². The van der Waals surface area contributed by atoms with Crippen LogP contribution in [-0.2, 0) is 0 Å². The first kappa shape index (κ1) is 8.81. The summed E-state index contributed by atoms with van der Waals surface area (Å²) in [6.07, 6.45) is 5.69. The first-order valence-corrected chi connectivity index (χ1v) is 4.53. The zero-order valence-corrected chi connectivity index (χ0v) is 8.44. The average Bonchev–Trinajstić information content (AvgIpc) is 2.73. The van der Waals surface area contributed by atoms with Gasteiger partial charge in [0, 0.05) is 24.3 Å². The average molecular weight is 187 g/mol. The van der Waals surface area contributed by atoms with E-state index in [0.717, 1.165) is 11.6 Å². The number of hydrogen-bond donors (Lipinski definition) is 0. The topological polar surface area (TPSA) is 22.8 Å². The fourth-order valence-electron chi connectivity index (χ4n) is 1.52. The van der Waals surface area contributed by atoms with Crippen LogP contribution in [0.1, 0.15) is 11.5 Å². The predicted octanol–water partition coefficient (Wildman–Crippen LogP) is 2.10. The SMILES string of the molecule is C=C(n1cccc1C)n1ccnc1C. The van der Waals surface area contributed by atoms with Gasteiger partial charge in [-0.25, -0.2) is 4.98 Å². The summed E-state index contributed by atoms with van der Waals surface area (Å²) in [5.41, 5.74) is 1.17. The van der Waals surface area contributed by atoms with Crippen molar-refractivity contribution in [1.82, 2.24) is 14.1 Å². The molecule has 2 rings (SSSR count). The number of aryl methyl sites for hydroxylation is 2. The van der Waals surface area contributed by atoms with Gasteiger partial charge in [0.15, 0.2) is 0 Å². The van der Waals surface area contributed by atoms with E-state index in [0.29, 0.717) is 0 Å². The Balaban J connectivity index is 2.44. The normalized spacial score (nSPS) is 10.4. The molecule has 2 aromatic heterocycles. The van der Waals surface area contributed by atoms with E-state index in [9.17, 15) is 0 Å². The van der Waals surface area contributed by atoms with Crippen LogP contribution in [0.3, 0.4) is 0 Å². The fourth-order valence-corrected chi connectivity index (χ4v) is 1.52. The second-order valence-corrected chi connectivity index (χ2v) is 3.28. The fraction of sp³-hybridized carbons (Fsp3) is 0.182. The molecule has 0 saturated heterocycles. The van der Waals surface area contributed by atoms with Crippen molar-refractivity contribution in [1.29, 1.82) is 0 Å². The number of nitrogens with zero attached hydrogens (tertiary/aromatic N) is 3. The molecule has 0 atom stereocenters. The smallest absolute Gasteiger partial charge is 0.115 e. The molecule has 0 N–H and O–H groups in total. The zero-order chi connectivity index (χ0) is 10.1. The minimum atomic E-state index is 0.905. The highest BCUT2D eigenvalue weighted by atomic mass is 15.2. The standard InChI is InChI=1S/C11H13N3/c1-9-5-4-7-13(9)11(3)14-8-6-12-10(14)2/h4-8H,3H2,1-2H3. The van der Waals surface area contributed by atoms with Gasteiger partial charge >= 0.3 is 0 Å². The van der Waals surface area contributed by atoms with Crippen LogP contribution < -0.4 is 0 Å². The molecule has 72 valence electrons. The highest BCUT2D eigenvalue weighted by molar-refractivity contribution is 5.12. The van der Waals surface area contributed by atoms with Crippen molar-refractivity contribution < 1.29 is 0 Å². The van der Waals surface area contributed by atoms with Gasteiger partial charge in [-0.15, -0.1) is 0 Å². The second-order valence-electron chi connectivity index (χ2n) is 3.28. The minimum Gasteiger partial charge on any atom is -0.308 e. The van der Waals surface area contributed by atoms with Gasteiger partial charge < -0.3 is 4.57 Å². The Kier molecular flexibility index (Phi) is 2.00. The van der Waals surface area contributed by atoms with Crippen LogP contribution >= 0.6 is 0 Å². The lowest BCUT2D eigenvalue weighted by atomic mass is 10.5. The molecular weight excluding hydrogens is 174 g/mol. The number of aromatic nitrogens is 3. The van der Waals surface area contributed by atoms with E-state index in [4.69, 9.17) is 0 Å². The maximum absolute atomic E-state index is 4.17. The van der Waals surface area contributed by atoms with Gasteiger partial charge in [0.05, 0.1) is 0 Å². The first-order valence-electron chi connectivity index (χ1n) is 4.53. The molecule has 0 aliphatic rings. The van der Waals surface area contributed by atoms with Crippen LogP contribution in [0.5, 0.6) is 0 Å². The molecule has 14 heavy (non-hydrogen) atoms. The molecule has 0 aromatic carbocycles. The summed E-state index contributed by atoms with van der Waals surface area (Å²) in [6, 6.07) is 4.06. The quantitative estimate of drug-likeness (QED) is 0.706. The molecule has 2 heterocycles. The summed E-state index contributed by atoms with van der Waals surface area (Å²) in [5.74, 6) is 1.85. The van der Waals surface area contributed by atoms with Crippen LogP contribution in [0.15, 0.2) is 37.3 Å². The van der Waals surface area contributed by atoms with Gasteiger partial charge in [0.2, 0.25) is 0 Å². The van der Waals surface area contributed by atoms with Crippen molar-refractivity contribution in [3.63, 3.8) is 0 Å². The molecule has 0 bridgehead atoms. The molecule has 3 nitrogen and oxygen atoms in total. The Labute approximate surface area is 83.3 Å². The lowest BCUT2D eigenvalue weighted by molar-refractivity contribution is 0.727. The maximum Gasteiger partial charge on any atom is 0.115 e. The number of hydrogen-bond acceptors (Lipinski definition) is 1. The molecule has 2 aromatic rings. The van der Waals surface area contributed by atoms with E-state index in [2.05, 4.69) is 24.6 Å². The lowest BCUT2D eigenvalue weighted by Crippen LogP contribution is -2.10. The third kappa shape index (κ3) is 1.27. The summed E-state index contributed by atoms with van der Waals surface area (Å²) in [7, 11) is 0. The van der Waals surface area contributed by atoms with Crippen LogP contribution in [0.2, 0.25) is 0 Å². The molecule has 0 radical (unpaired) electrons. The van der Waals surface area contributed by atoms with Crippen LogP contribution in [-0.4, -0.2) is 14.1 Å². The zero-order valence-electron chi connectivity index (χ0n) is 8.44. The molecule has 0 aliphatic heterocycles. The van der Waals surface area contributed by atoms with Gasteiger partial charge in [-0.1, -0.05) is 6.58 Å². The molecule has 0 spiro atoms. The summed E-state index contributed by atoms with van der Waals surface area (Å²) in [5, 5.41) is 0. The largest absolute Gasteiger partial charge is 0.308 e. The highest BCUT2D eigenvalue weighted by Crippen LogP contribution is 2.08. The third-order valence-corrected chi connectivity index (χ3v) is 2.33. The van der Waals surface area contributed by atoms with Crippen molar-refractivity contribution in [2.75, 3.05) is 0 Å². The highest BCUT2D eigenvalue weighted by Gasteiger charge is 2.04. The molecule has 0 fully saturated rings. The van der Waals surface area contributed by atoms with Crippen molar-refractivity contribution in [2.24, 2.45) is 0 Å². The van der Waals surface area contributed by atoms with Crippen LogP contribution in [0.25, 0.3) is 0 Å². The molecular formula is C11H13N3. The molecule has 0 unspecified atom stereocenters. The van der Waals surface area contributed by atoms with E-state index in [-0.39, 0.29) is 0 Å². The Morgan fingerprint density at radius 3 is 2.57 bits per heavy atom. The van der Waals surface area contributed by atoms with Crippen LogP contribution in [0, 0.1) is 19.7 Å². The lowest BCUT2D eigenvalue weighted by Gasteiger charge is -2.11. The number of imidazole rings is 1. The Bertz CT molecular complexity index is 420. The second kappa shape index (κ2) is 3.18. The molecule has 3 heteroatoms. The van der Waals surface area contributed by atoms with Crippen molar-refractivity contribution in [2.45, 2.75) is 13.8 Å². The Hall–Kier alpha value is -1.77. The van der Waals surface area contributed by atoms with Crippen molar-refractivity contribution >= 4 is 0 Å². The van der Waals surface area contributed by atoms with E-state index in [1.165, 1.54) is 5.69 Å². The monoisotopic (exact) mass is 187 g/mol. The Morgan fingerprint density at radius 1 is 1.29 bits per heavy atom. The maximum atomic E-state index is 4.17. The number of rotatable bonds is 2. The van der Waals surface area contributed by atoms with E-state index < -0.39 is 0 Å². The van der Waals surface area contributed by atoms with E-state index >= 15 is 0 Å². The summed E-state index contributed by atoms with van der Waals surface area (Å²) in [4.78, 5) is 4.17. The van der Waals surface area contributed by atoms with E-state index in [1.807, 2.05) is 34.5 Å². The van der Waals surface area contributed by atoms with Crippen molar-refractivity contribution in [3.05, 3.63) is 54.6 Å². The molecule has 0 saturated carbocycles. The van der Waals surface area contributed by atoms with Crippen LogP contribution in [0.4, 0.5) is 0 Å². The van der Waals surface area contributed by atoms with Gasteiger partial charge in [-0.2, -0.15) is 0 Å². The van der Waals surface area contributed by atoms with Crippen molar-refractivity contribution in [3.8, 4) is 0 Å².